The van der Waals surface area contributed by atoms with Gasteiger partial charge in [-0.1, -0.05) is 33.1 Å². The lowest BCUT2D eigenvalue weighted by atomic mass is 9.93. The molecular weight excluding hydrogens is 212 g/mol. The molecule has 0 radical (unpaired) electrons. The van der Waals surface area contributed by atoms with Gasteiger partial charge in [-0.05, 0) is 42.9 Å². The summed E-state index contributed by atoms with van der Waals surface area (Å²) < 4.78 is 5.37. The summed E-state index contributed by atoms with van der Waals surface area (Å²) >= 11 is 0. The summed E-state index contributed by atoms with van der Waals surface area (Å²) in [5.41, 5.74) is 0.417. The van der Waals surface area contributed by atoms with Crippen LogP contribution in [0.4, 0.5) is 0 Å². The summed E-state index contributed by atoms with van der Waals surface area (Å²) in [6.07, 6.45) is 8.51. The van der Waals surface area contributed by atoms with Gasteiger partial charge in [-0.2, -0.15) is 0 Å². The van der Waals surface area contributed by atoms with Crippen LogP contribution in [0.5, 0.6) is 0 Å². The molecule has 1 saturated heterocycles. The number of aliphatic hydroxyl groups excluding tert-OH is 1. The summed E-state index contributed by atoms with van der Waals surface area (Å²) in [6.45, 7) is 6.46. The van der Waals surface area contributed by atoms with Gasteiger partial charge in [0.05, 0.1) is 6.10 Å². The quantitative estimate of drug-likeness (QED) is 0.721. The molecule has 2 unspecified atom stereocenters. The molecule has 0 amide bonds. The molecule has 0 aromatic heterocycles. The smallest absolute Gasteiger partial charge is 0.0573 e. The van der Waals surface area contributed by atoms with Crippen LogP contribution in [0.15, 0.2) is 0 Å². The fraction of sp³-hybridized carbons (Fsp3) is 1.00. The van der Waals surface area contributed by atoms with Gasteiger partial charge in [0.25, 0.3) is 0 Å². The molecule has 17 heavy (non-hydrogen) atoms. The van der Waals surface area contributed by atoms with E-state index in [-0.39, 0.29) is 6.10 Å². The maximum atomic E-state index is 10.0. The number of ether oxygens (including phenoxy) is 1. The Kier molecular flexibility index (Phi) is 4.48. The molecule has 1 saturated carbocycles. The fourth-order valence-corrected chi connectivity index (χ4v) is 3.19. The molecule has 0 aromatic carbocycles. The number of rotatable bonds is 6. The molecule has 2 aliphatic rings. The van der Waals surface area contributed by atoms with Gasteiger partial charge >= 0.3 is 0 Å². The highest BCUT2D eigenvalue weighted by atomic mass is 16.5. The van der Waals surface area contributed by atoms with Crippen LogP contribution in [0, 0.1) is 17.3 Å². The lowest BCUT2D eigenvalue weighted by molar-refractivity contribution is 0.0622. The van der Waals surface area contributed by atoms with E-state index in [2.05, 4.69) is 13.8 Å². The van der Waals surface area contributed by atoms with Crippen LogP contribution in [0.2, 0.25) is 0 Å². The Morgan fingerprint density at radius 1 is 1.24 bits per heavy atom. The third kappa shape index (κ3) is 3.96. The number of aliphatic hydroxyl groups is 1. The molecule has 0 spiro atoms. The zero-order valence-electron chi connectivity index (χ0n) is 11.5. The zero-order valence-corrected chi connectivity index (χ0v) is 11.5. The van der Waals surface area contributed by atoms with Crippen LogP contribution in [0.1, 0.15) is 58.8 Å². The van der Waals surface area contributed by atoms with Crippen molar-refractivity contribution >= 4 is 0 Å². The topological polar surface area (TPSA) is 29.5 Å². The SMILES string of the molecule is CC1(C)CC1C(O)CCCCC1CCOCC1. The van der Waals surface area contributed by atoms with E-state index in [1.807, 2.05) is 0 Å². The van der Waals surface area contributed by atoms with Crippen molar-refractivity contribution in [3.8, 4) is 0 Å². The molecule has 2 rings (SSSR count). The first-order valence-corrected chi connectivity index (χ1v) is 7.35. The van der Waals surface area contributed by atoms with E-state index in [1.165, 1.54) is 38.5 Å². The highest BCUT2D eigenvalue weighted by Gasteiger charge is 2.49. The first kappa shape index (κ1) is 13.4. The Hall–Kier alpha value is -0.0800. The van der Waals surface area contributed by atoms with Gasteiger partial charge in [-0.25, -0.2) is 0 Å². The van der Waals surface area contributed by atoms with Crippen molar-refractivity contribution in [3.63, 3.8) is 0 Å². The van der Waals surface area contributed by atoms with Crippen molar-refractivity contribution in [2.75, 3.05) is 13.2 Å². The summed E-state index contributed by atoms with van der Waals surface area (Å²) in [4.78, 5) is 0. The molecule has 1 heterocycles. The van der Waals surface area contributed by atoms with E-state index in [9.17, 15) is 5.11 Å². The lowest BCUT2D eigenvalue weighted by Gasteiger charge is -2.22. The molecule has 2 heteroatoms. The van der Waals surface area contributed by atoms with E-state index < -0.39 is 0 Å². The second-order valence-electron chi connectivity index (χ2n) is 6.71. The number of hydrogen-bond donors (Lipinski definition) is 1. The van der Waals surface area contributed by atoms with Crippen molar-refractivity contribution in [1.29, 1.82) is 0 Å². The first-order chi connectivity index (χ1) is 8.09. The van der Waals surface area contributed by atoms with Crippen LogP contribution in [0.25, 0.3) is 0 Å². The van der Waals surface area contributed by atoms with Crippen molar-refractivity contribution in [2.45, 2.75) is 64.9 Å². The van der Waals surface area contributed by atoms with Gasteiger partial charge in [-0.15, -0.1) is 0 Å². The molecule has 0 aromatic rings. The summed E-state index contributed by atoms with van der Waals surface area (Å²) in [5.74, 6) is 1.46. The molecule has 100 valence electrons. The second-order valence-corrected chi connectivity index (χ2v) is 6.71. The Labute approximate surface area is 106 Å². The van der Waals surface area contributed by atoms with Gasteiger partial charge < -0.3 is 9.84 Å². The third-order valence-corrected chi connectivity index (χ3v) is 4.76. The van der Waals surface area contributed by atoms with E-state index >= 15 is 0 Å². The molecule has 2 nitrogen and oxygen atoms in total. The summed E-state index contributed by atoms with van der Waals surface area (Å²) in [5, 5.41) is 10.0. The minimum Gasteiger partial charge on any atom is -0.393 e. The molecular formula is C15H28O2. The minimum absolute atomic E-state index is 0.0420. The van der Waals surface area contributed by atoms with E-state index in [1.54, 1.807) is 0 Å². The van der Waals surface area contributed by atoms with Crippen LogP contribution in [-0.4, -0.2) is 24.4 Å². The minimum atomic E-state index is -0.0420. The highest BCUT2D eigenvalue weighted by molar-refractivity contribution is 4.98. The molecule has 1 aliphatic heterocycles. The Morgan fingerprint density at radius 3 is 2.47 bits per heavy atom. The van der Waals surface area contributed by atoms with Crippen LogP contribution in [0.3, 0.4) is 0 Å². The monoisotopic (exact) mass is 240 g/mol. The van der Waals surface area contributed by atoms with Gasteiger partial charge in [0.15, 0.2) is 0 Å². The zero-order chi connectivity index (χ0) is 12.3. The van der Waals surface area contributed by atoms with Gasteiger partial charge in [0, 0.05) is 13.2 Å². The number of hydrogen-bond acceptors (Lipinski definition) is 2. The van der Waals surface area contributed by atoms with Crippen molar-refractivity contribution in [3.05, 3.63) is 0 Å². The maximum Gasteiger partial charge on any atom is 0.0573 e. The van der Waals surface area contributed by atoms with E-state index in [0.717, 1.165) is 25.6 Å². The Bertz CT molecular complexity index is 231. The lowest BCUT2D eigenvalue weighted by Crippen LogP contribution is -2.16. The van der Waals surface area contributed by atoms with E-state index in [0.29, 0.717) is 11.3 Å². The number of unbranched alkanes of at least 4 members (excludes halogenated alkanes) is 1. The van der Waals surface area contributed by atoms with Gasteiger partial charge in [0.1, 0.15) is 0 Å². The molecule has 2 fully saturated rings. The third-order valence-electron chi connectivity index (χ3n) is 4.76. The molecule has 1 N–H and O–H groups in total. The molecule has 2 atom stereocenters. The normalized spacial score (nSPS) is 30.2. The fourth-order valence-electron chi connectivity index (χ4n) is 3.19. The highest BCUT2D eigenvalue weighted by Crippen LogP contribution is 2.54. The standard InChI is InChI=1S/C15H28O2/c1-15(2)11-13(15)14(16)6-4-3-5-12-7-9-17-10-8-12/h12-14,16H,3-11H2,1-2H3. The maximum absolute atomic E-state index is 10.0. The average Bonchev–Trinajstić information content (AvgIpc) is 2.95. The Morgan fingerprint density at radius 2 is 1.88 bits per heavy atom. The van der Waals surface area contributed by atoms with Crippen molar-refractivity contribution in [2.24, 2.45) is 17.3 Å². The van der Waals surface area contributed by atoms with Gasteiger partial charge in [0.2, 0.25) is 0 Å². The molecule has 1 aliphatic carbocycles. The molecule has 0 bridgehead atoms. The van der Waals surface area contributed by atoms with Crippen LogP contribution in [-0.2, 0) is 4.74 Å². The van der Waals surface area contributed by atoms with Crippen molar-refractivity contribution in [1.82, 2.24) is 0 Å². The second kappa shape index (κ2) is 5.71. The summed E-state index contributed by atoms with van der Waals surface area (Å²) in [6, 6.07) is 0. The largest absolute Gasteiger partial charge is 0.393 e. The van der Waals surface area contributed by atoms with Crippen molar-refractivity contribution < 1.29 is 9.84 Å². The first-order valence-electron chi connectivity index (χ1n) is 7.35. The summed E-state index contributed by atoms with van der Waals surface area (Å²) in [7, 11) is 0. The van der Waals surface area contributed by atoms with Crippen LogP contribution < -0.4 is 0 Å². The predicted molar refractivity (Wildman–Crippen MR) is 69.9 cm³/mol. The van der Waals surface area contributed by atoms with E-state index in [4.69, 9.17) is 4.74 Å². The Balaban J connectivity index is 1.51. The van der Waals surface area contributed by atoms with Crippen LogP contribution >= 0.6 is 0 Å². The average molecular weight is 240 g/mol. The van der Waals surface area contributed by atoms with Gasteiger partial charge in [-0.3, -0.25) is 0 Å². The predicted octanol–water partition coefficient (Wildman–Crippen LogP) is 3.38.